The number of esters is 1. The van der Waals surface area contributed by atoms with Gasteiger partial charge in [-0.15, -0.1) is 0 Å². The Morgan fingerprint density at radius 1 is 1.12 bits per heavy atom. The Hall–Kier alpha value is -2.91. The Labute approximate surface area is 191 Å². The normalized spacial score (nSPS) is 16.2. The summed E-state index contributed by atoms with van der Waals surface area (Å²) in [5, 5.41) is 3.15. The lowest BCUT2D eigenvalue weighted by molar-refractivity contribution is -0.147. The van der Waals surface area contributed by atoms with Gasteiger partial charge in [0.25, 0.3) is 21.8 Å². The lowest BCUT2D eigenvalue weighted by Gasteiger charge is -2.23. The van der Waals surface area contributed by atoms with Crippen molar-refractivity contribution in [2.75, 3.05) is 13.2 Å². The van der Waals surface area contributed by atoms with E-state index in [1.807, 2.05) is 6.92 Å². The Morgan fingerprint density at radius 3 is 2.41 bits per heavy atom. The minimum atomic E-state index is -3.98. The average Bonchev–Trinajstić information content (AvgIpc) is 2.97. The number of nitrogens with zero attached hydrogens (tertiary/aromatic N) is 1. The van der Waals surface area contributed by atoms with Crippen LogP contribution in [0.25, 0.3) is 0 Å². The van der Waals surface area contributed by atoms with Gasteiger partial charge in [0.2, 0.25) is 0 Å². The van der Waals surface area contributed by atoms with E-state index in [0.29, 0.717) is 21.3 Å². The maximum Gasteiger partial charge on any atom is 0.328 e. The van der Waals surface area contributed by atoms with Crippen LogP contribution in [0.15, 0.2) is 53.4 Å². The summed E-state index contributed by atoms with van der Waals surface area (Å²) >= 11 is 5.84. The Morgan fingerprint density at radius 2 is 1.78 bits per heavy atom. The van der Waals surface area contributed by atoms with Gasteiger partial charge in [0.1, 0.15) is 17.5 Å². The van der Waals surface area contributed by atoms with E-state index in [9.17, 15) is 22.8 Å². The van der Waals surface area contributed by atoms with Gasteiger partial charge in [-0.3, -0.25) is 9.59 Å². The first kappa shape index (κ1) is 23.7. The second-order valence-electron chi connectivity index (χ2n) is 7.39. The van der Waals surface area contributed by atoms with Crippen LogP contribution in [0, 0.1) is 5.92 Å². The summed E-state index contributed by atoms with van der Waals surface area (Å²) < 4.78 is 31.1. The molecule has 2 aromatic carbocycles. The zero-order chi connectivity index (χ0) is 23.5. The minimum Gasteiger partial charge on any atom is -0.462 e. The fourth-order valence-corrected chi connectivity index (χ4v) is 4.94. The number of benzene rings is 2. The number of hydrogen-bond acceptors (Lipinski definition) is 6. The molecule has 1 N–H and O–H groups in total. The van der Waals surface area contributed by atoms with Crippen molar-refractivity contribution in [1.82, 2.24) is 9.62 Å². The number of amides is 2. The topological polar surface area (TPSA) is 110 Å². The molecule has 2 aromatic rings. The predicted molar refractivity (Wildman–Crippen MR) is 118 cm³/mol. The van der Waals surface area contributed by atoms with Gasteiger partial charge in [-0.2, -0.15) is 0 Å². The van der Waals surface area contributed by atoms with Crippen molar-refractivity contribution in [3.05, 3.63) is 64.7 Å². The van der Waals surface area contributed by atoms with Gasteiger partial charge in [-0.25, -0.2) is 17.5 Å². The number of carbonyl (C=O) groups excluding carboxylic acids is 3. The van der Waals surface area contributed by atoms with E-state index in [0.717, 1.165) is 0 Å². The SMILES string of the molecule is CCC(C)C(NC(=O)c1ccc(Cl)cc1)C(=O)OCCN1C(=O)c2ccccc2S1(=O)=O. The monoisotopic (exact) mass is 478 g/mol. The van der Waals surface area contributed by atoms with Gasteiger partial charge < -0.3 is 10.1 Å². The summed E-state index contributed by atoms with van der Waals surface area (Å²) in [6, 6.07) is 11.2. The summed E-state index contributed by atoms with van der Waals surface area (Å²) in [6.07, 6.45) is 0.592. The maximum atomic E-state index is 12.7. The maximum absolute atomic E-state index is 12.7. The van der Waals surface area contributed by atoms with Crippen molar-refractivity contribution < 1.29 is 27.5 Å². The molecule has 8 nitrogen and oxygen atoms in total. The summed E-state index contributed by atoms with van der Waals surface area (Å²) in [4.78, 5) is 37.6. The van der Waals surface area contributed by atoms with Gasteiger partial charge in [-0.1, -0.05) is 44.0 Å². The lowest BCUT2D eigenvalue weighted by Crippen LogP contribution is -2.46. The Bertz CT molecular complexity index is 1130. The quantitative estimate of drug-likeness (QED) is 0.584. The number of nitrogens with one attached hydrogen (secondary N) is 1. The third-order valence-electron chi connectivity index (χ3n) is 5.31. The van der Waals surface area contributed by atoms with Gasteiger partial charge >= 0.3 is 5.97 Å². The molecule has 1 aliphatic rings. The van der Waals surface area contributed by atoms with Crippen LogP contribution in [0.2, 0.25) is 5.02 Å². The fourth-order valence-electron chi connectivity index (χ4n) is 3.27. The molecule has 0 radical (unpaired) electrons. The molecular formula is C22H23ClN2O6S. The van der Waals surface area contributed by atoms with Gasteiger partial charge in [0, 0.05) is 10.6 Å². The van der Waals surface area contributed by atoms with E-state index in [2.05, 4.69) is 5.32 Å². The average molecular weight is 479 g/mol. The molecule has 2 atom stereocenters. The van der Waals surface area contributed by atoms with Crippen LogP contribution in [0.1, 0.15) is 41.0 Å². The van der Waals surface area contributed by atoms with E-state index in [4.69, 9.17) is 16.3 Å². The molecule has 0 aliphatic carbocycles. The molecule has 0 spiro atoms. The zero-order valence-corrected chi connectivity index (χ0v) is 19.2. The van der Waals surface area contributed by atoms with Crippen molar-refractivity contribution in [2.45, 2.75) is 31.2 Å². The van der Waals surface area contributed by atoms with Crippen molar-refractivity contribution in [3.8, 4) is 0 Å². The van der Waals surface area contributed by atoms with Gasteiger partial charge in [0.15, 0.2) is 0 Å². The number of hydrogen-bond donors (Lipinski definition) is 1. The predicted octanol–water partition coefficient (Wildman–Crippen LogP) is 2.87. The van der Waals surface area contributed by atoms with Gasteiger partial charge in [0.05, 0.1) is 12.1 Å². The first-order valence-corrected chi connectivity index (χ1v) is 11.9. The molecule has 3 rings (SSSR count). The van der Waals surface area contributed by atoms with Crippen molar-refractivity contribution >= 4 is 39.4 Å². The number of fused-ring (bicyclic) bond motifs is 1. The van der Waals surface area contributed by atoms with Crippen LogP contribution in [0.4, 0.5) is 0 Å². The van der Waals surface area contributed by atoms with Gasteiger partial charge in [-0.05, 0) is 42.3 Å². The van der Waals surface area contributed by atoms with Crippen LogP contribution in [0.5, 0.6) is 0 Å². The van der Waals surface area contributed by atoms with E-state index in [-0.39, 0.29) is 29.5 Å². The molecule has 32 heavy (non-hydrogen) atoms. The number of rotatable bonds is 8. The standard InChI is InChI=1S/C22H23ClN2O6S/c1-3-14(2)19(24-20(26)15-8-10-16(23)11-9-15)22(28)31-13-12-25-21(27)17-6-4-5-7-18(17)32(25,29)30/h4-11,14,19H,3,12-13H2,1-2H3,(H,24,26). The Balaban J connectivity index is 1.64. The molecule has 0 bridgehead atoms. The van der Waals surface area contributed by atoms with Crippen molar-refractivity contribution in [3.63, 3.8) is 0 Å². The van der Waals surface area contributed by atoms with Crippen LogP contribution in [-0.2, 0) is 19.6 Å². The lowest BCUT2D eigenvalue weighted by atomic mass is 9.99. The molecule has 10 heteroatoms. The first-order valence-electron chi connectivity index (χ1n) is 10.1. The molecule has 0 fully saturated rings. The molecule has 0 saturated carbocycles. The van der Waals surface area contributed by atoms with Crippen LogP contribution < -0.4 is 5.32 Å². The highest BCUT2D eigenvalue weighted by Gasteiger charge is 2.40. The highest BCUT2D eigenvalue weighted by molar-refractivity contribution is 7.90. The van der Waals surface area contributed by atoms with E-state index >= 15 is 0 Å². The molecule has 2 unspecified atom stereocenters. The molecule has 170 valence electrons. The summed E-state index contributed by atoms with van der Waals surface area (Å²) in [5.41, 5.74) is 0.425. The van der Waals surface area contributed by atoms with Crippen molar-refractivity contribution in [1.29, 1.82) is 0 Å². The van der Waals surface area contributed by atoms with E-state index in [1.54, 1.807) is 25.1 Å². The summed E-state index contributed by atoms with van der Waals surface area (Å²) in [7, 11) is -3.98. The van der Waals surface area contributed by atoms with E-state index < -0.39 is 33.8 Å². The second-order valence-corrected chi connectivity index (χ2v) is 9.66. The molecule has 0 saturated heterocycles. The molecule has 1 aliphatic heterocycles. The van der Waals surface area contributed by atoms with Crippen LogP contribution >= 0.6 is 11.6 Å². The van der Waals surface area contributed by atoms with E-state index in [1.165, 1.54) is 30.3 Å². The Kier molecular flexibility index (Phi) is 7.20. The van der Waals surface area contributed by atoms with Crippen LogP contribution in [-0.4, -0.2) is 49.7 Å². The second kappa shape index (κ2) is 9.70. The summed E-state index contributed by atoms with van der Waals surface area (Å²) in [6.45, 7) is 3.01. The number of carbonyl (C=O) groups is 3. The first-order chi connectivity index (χ1) is 15.2. The number of halogens is 1. The third-order valence-corrected chi connectivity index (χ3v) is 7.40. The largest absolute Gasteiger partial charge is 0.462 e. The summed E-state index contributed by atoms with van der Waals surface area (Å²) in [5.74, 6) is -2.06. The molecule has 0 aromatic heterocycles. The molecule has 1 heterocycles. The molecule has 2 amide bonds. The highest BCUT2D eigenvalue weighted by atomic mass is 35.5. The number of ether oxygens (including phenoxy) is 1. The smallest absolute Gasteiger partial charge is 0.328 e. The zero-order valence-electron chi connectivity index (χ0n) is 17.6. The van der Waals surface area contributed by atoms with Crippen molar-refractivity contribution in [2.24, 2.45) is 5.92 Å². The number of sulfonamides is 1. The van der Waals surface area contributed by atoms with Crippen LogP contribution in [0.3, 0.4) is 0 Å². The third kappa shape index (κ3) is 4.78. The molecular weight excluding hydrogens is 456 g/mol. The fraction of sp³-hybridized carbons (Fsp3) is 0.318. The minimum absolute atomic E-state index is 0.0657. The highest BCUT2D eigenvalue weighted by Crippen LogP contribution is 2.29.